The van der Waals surface area contributed by atoms with Crippen LogP contribution in [0.15, 0.2) is 6.07 Å². The fraction of sp³-hybridized carbons (Fsp3) is 0.632. The Morgan fingerprint density at radius 3 is 2.48 bits per heavy atom. The normalized spacial score (nSPS) is 27.4. The number of fused-ring (bicyclic) bond motifs is 1. The van der Waals surface area contributed by atoms with Crippen molar-refractivity contribution in [2.45, 2.75) is 58.8 Å². The third-order valence-electron chi connectivity index (χ3n) is 5.38. The van der Waals surface area contributed by atoms with Crippen molar-refractivity contribution >= 4 is 5.97 Å². The molecule has 0 spiro atoms. The summed E-state index contributed by atoms with van der Waals surface area (Å²) in [5.41, 5.74) is 1.23. The Labute approximate surface area is 136 Å². The lowest BCUT2D eigenvalue weighted by atomic mass is 9.83. The van der Waals surface area contributed by atoms with Crippen LogP contribution < -0.4 is 4.74 Å². The Morgan fingerprint density at radius 2 is 1.78 bits per heavy atom. The number of hydrogen-bond donors (Lipinski definition) is 0. The highest BCUT2D eigenvalue weighted by atomic mass is 19.1. The Morgan fingerprint density at radius 1 is 1.09 bits per heavy atom. The SMILES string of the molecule is CC1CCC(C(=O)Oc2c(F)cc3c(c2F)CCC(C)C3)CC1. The van der Waals surface area contributed by atoms with E-state index in [0.717, 1.165) is 32.1 Å². The van der Waals surface area contributed by atoms with Crippen LogP contribution in [0.5, 0.6) is 5.75 Å². The van der Waals surface area contributed by atoms with Gasteiger partial charge in [-0.15, -0.1) is 0 Å². The molecule has 1 saturated carbocycles. The molecule has 2 nitrogen and oxygen atoms in total. The number of esters is 1. The molecule has 1 atom stereocenters. The first-order chi connectivity index (χ1) is 11.0. The lowest BCUT2D eigenvalue weighted by Crippen LogP contribution is -2.26. The Bertz CT molecular complexity index is 604. The quantitative estimate of drug-likeness (QED) is 0.576. The first-order valence-corrected chi connectivity index (χ1v) is 8.67. The molecule has 0 heterocycles. The third-order valence-corrected chi connectivity index (χ3v) is 5.38. The maximum absolute atomic E-state index is 14.6. The number of carbonyl (C=O) groups is 1. The van der Waals surface area contributed by atoms with Crippen molar-refractivity contribution in [1.82, 2.24) is 0 Å². The molecule has 1 aromatic carbocycles. The summed E-state index contributed by atoms with van der Waals surface area (Å²) < 4.78 is 34.0. The zero-order chi connectivity index (χ0) is 16.6. The van der Waals surface area contributed by atoms with Gasteiger partial charge in [-0.25, -0.2) is 8.78 Å². The minimum absolute atomic E-state index is 0.235. The van der Waals surface area contributed by atoms with Gasteiger partial charge in [0.2, 0.25) is 5.75 Å². The third kappa shape index (κ3) is 3.41. The average molecular weight is 322 g/mol. The van der Waals surface area contributed by atoms with Gasteiger partial charge in [-0.05, 0) is 74.0 Å². The van der Waals surface area contributed by atoms with E-state index in [1.165, 1.54) is 6.07 Å². The van der Waals surface area contributed by atoms with Gasteiger partial charge in [0, 0.05) is 0 Å². The summed E-state index contributed by atoms with van der Waals surface area (Å²) in [6.07, 6.45) is 5.55. The predicted molar refractivity (Wildman–Crippen MR) is 84.3 cm³/mol. The van der Waals surface area contributed by atoms with Crippen molar-refractivity contribution in [2.75, 3.05) is 0 Å². The standard InChI is InChI=1S/C19H24F2O2/c1-11-3-6-13(7-4-11)19(22)23-18-16(20)10-14-9-12(2)5-8-15(14)17(18)21/h10-13H,3-9H2,1-2H3. The smallest absolute Gasteiger partial charge is 0.314 e. The molecule has 1 unspecified atom stereocenters. The van der Waals surface area contributed by atoms with Gasteiger partial charge in [-0.3, -0.25) is 4.79 Å². The van der Waals surface area contributed by atoms with Crippen LogP contribution in [-0.2, 0) is 17.6 Å². The van der Waals surface area contributed by atoms with E-state index in [4.69, 9.17) is 4.74 Å². The van der Waals surface area contributed by atoms with Gasteiger partial charge in [-0.1, -0.05) is 13.8 Å². The molecule has 0 aromatic heterocycles. The second-order valence-electron chi connectivity index (χ2n) is 7.37. The number of rotatable bonds is 2. The number of carbonyl (C=O) groups excluding carboxylic acids is 1. The molecule has 0 bridgehead atoms. The van der Waals surface area contributed by atoms with E-state index in [-0.39, 0.29) is 5.92 Å². The number of ether oxygens (including phenoxy) is 1. The van der Waals surface area contributed by atoms with E-state index >= 15 is 0 Å². The van der Waals surface area contributed by atoms with Gasteiger partial charge in [0.15, 0.2) is 11.6 Å². The van der Waals surface area contributed by atoms with Gasteiger partial charge in [0.05, 0.1) is 5.92 Å². The van der Waals surface area contributed by atoms with E-state index in [9.17, 15) is 13.6 Å². The predicted octanol–water partition coefficient (Wildman–Crippen LogP) is 4.82. The van der Waals surface area contributed by atoms with Crippen molar-refractivity contribution in [3.8, 4) is 5.75 Å². The molecular formula is C19H24F2O2. The van der Waals surface area contributed by atoms with Crippen molar-refractivity contribution in [1.29, 1.82) is 0 Å². The average Bonchev–Trinajstić information content (AvgIpc) is 2.51. The van der Waals surface area contributed by atoms with Crippen LogP contribution in [0.1, 0.15) is 57.1 Å². The van der Waals surface area contributed by atoms with Gasteiger partial charge >= 0.3 is 5.97 Å². The van der Waals surface area contributed by atoms with Crippen molar-refractivity contribution in [3.05, 3.63) is 28.8 Å². The summed E-state index contributed by atoms with van der Waals surface area (Å²) >= 11 is 0. The molecule has 1 fully saturated rings. The van der Waals surface area contributed by atoms with Crippen molar-refractivity contribution < 1.29 is 18.3 Å². The summed E-state index contributed by atoms with van der Waals surface area (Å²) in [5, 5.41) is 0. The molecule has 1 aromatic rings. The van der Waals surface area contributed by atoms with Crippen LogP contribution in [0.3, 0.4) is 0 Å². The largest absolute Gasteiger partial charge is 0.420 e. The molecule has 0 N–H and O–H groups in total. The van der Waals surface area contributed by atoms with E-state index in [1.54, 1.807) is 0 Å². The van der Waals surface area contributed by atoms with E-state index in [0.29, 0.717) is 35.8 Å². The minimum Gasteiger partial charge on any atom is -0.420 e. The van der Waals surface area contributed by atoms with Crippen molar-refractivity contribution in [3.63, 3.8) is 0 Å². The second kappa shape index (κ2) is 6.58. The van der Waals surface area contributed by atoms with Crippen molar-refractivity contribution in [2.24, 2.45) is 17.8 Å². The molecule has 3 rings (SSSR count). The maximum atomic E-state index is 14.6. The van der Waals surface area contributed by atoms with Crippen LogP contribution in [0.4, 0.5) is 8.78 Å². The molecule has 2 aliphatic rings. The zero-order valence-electron chi connectivity index (χ0n) is 13.8. The summed E-state index contributed by atoms with van der Waals surface area (Å²) in [5.74, 6) is -1.61. The fourth-order valence-electron chi connectivity index (χ4n) is 3.78. The number of halogens is 2. The van der Waals surface area contributed by atoms with Crippen LogP contribution in [0.25, 0.3) is 0 Å². The van der Waals surface area contributed by atoms with E-state index in [1.807, 2.05) is 0 Å². The molecule has 0 aliphatic heterocycles. The monoisotopic (exact) mass is 322 g/mol. The summed E-state index contributed by atoms with van der Waals surface area (Å²) in [6, 6.07) is 1.35. The molecule has 2 aliphatic carbocycles. The molecule has 0 amide bonds. The summed E-state index contributed by atoms with van der Waals surface area (Å²) in [4.78, 5) is 12.2. The highest BCUT2D eigenvalue weighted by Gasteiger charge is 2.30. The van der Waals surface area contributed by atoms with Gasteiger partial charge in [0.25, 0.3) is 0 Å². The lowest BCUT2D eigenvalue weighted by Gasteiger charge is -2.26. The summed E-state index contributed by atoms with van der Waals surface area (Å²) in [6.45, 7) is 4.24. The Kier molecular flexibility index (Phi) is 4.69. The van der Waals surface area contributed by atoms with E-state index < -0.39 is 23.4 Å². The molecule has 23 heavy (non-hydrogen) atoms. The molecular weight excluding hydrogens is 298 g/mol. The number of benzene rings is 1. The topological polar surface area (TPSA) is 26.3 Å². The zero-order valence-corrected chi connectivity index (χ0v) is 13.8. The van der Waals surface area contributed by atoms with Gasteiger partial charge < -0.3 is 4.74 Å². The first kappa shape index (κ1) is 16.4. The van der Waals surface area contributed by atoms with E-state index in [2.05, 4.69) is 13.8 Å². The lowest BCUT2D eigenvalue weighted by molar-refractivity contribution is -0.140. The van der Waals surface area contributed by atoms with Crippen LogP contribution in [0.2, 0.25) is 0 Å². The summed E-state index contributed by atoms with van der Waals surface area (Å²) in [7, 11) is 0. The fourth-order valence-corrected chi connectivity index (χ4v) is 3.78. The van der Waals surface area contributed by atoms with Crippen LogP contribution >= 0.6 is 0 Å². The second-order valence-corrected chi connectivity index (χ2v) is 7.37. The van der Waals surface area contributed by atoms with Crippen LogP contribution in [-0.4, -0.2) is 5.97 Å². The highest BCUT2D eigenvalue weighted by Crippen LogP contribution is 2.35. The first-order valence-electron chi connectivity index (χ1n) is 8.67. The maximum Gasteiger partial charge on any atom is 0.314 e. The molecule has 126 valence electrons. The van der Waals surface area contributed by atoms with Gasteiger partial charge in [0.1, 0.15) is 0 Å². The molecule has 0 radical (unpaired) electrons. The minimum atomic E-state index is -0.757. The van der Waals surface area contributed by atoms with Gasteiger partial charge in [-0.2, -0.15) is 0 Å². The highest BCUT2D eigenvalue weighted by molar-refractivity contribution is 5.75. The van der Waals surface area contributed by atoms with Crippen LogP contribution in [0, 0.1) is 29.4 Å². The Hall–Kier alpha value is -1.45. The number of hydrogen-bond acceptors (Lipinski definition) is 2. The molecule has 4 heteroatoms. The Balaban J connectivity index is 1.79. The molecule has 0 saturated heterocycles.